The smallest absolute Gasteiger partial charge is 0.346 e. The van der Waals surface area contributed by atoms with E-state index in [-0.39, 0.29) is 12.1 Å². The van der Waals surface area contributed by atoms with Crippen LogP contribution in [0.2, 0.25) is 0 Å². The Kier molecular flexibility index (Phi) is 1.82. The van der Waals surface area contributed by atoms with Crippen molar-refractivity contribution in [3.05, 3.63) is 22.4 Å². The summed E-state index contributed by atoms with van der Waals surface area (Å²) >= 11 is 1.62. The predicted octanol–water partition coefficient (Wildman–Crippen LogP) is 1.74. The molecule has 78 valence electrons. The minimum Gasteiger partial charge on any atom is -0.385 e. The highest BCUT2D eigenvalue weighted by molar-refractivity contribution is 7.08. The summed E-state index contributed by atoms with van der Waals surface area (Å²) < 4.78 is 0. The molecular weight excluding hydrogens is 210 g/mol. The standard InChI is InChI=1S/C10H11N3OS/c11-9-8(6-3-4-15-5-6)13(7-1-2-7)10(14)12-9/h3-5,7-8H,1-2H2,(H2,11,12,14). The molecule has 1 unspecified atom stereocenters. The van der Waals surface area contributed by atoms with Crippen LogP contribution in [-0.2, 0) is 0 Å². The average molecular weight is 221 g/mol. The van der Waals surface area contributed by atoms with Crippen molar-refractivity contribution in [3.8, 4) is 0 Å². The van der Waals surface area contributed by atoms with Crippen molar-refractivity contribution >= 4 is 23.2 Å². The molecule has 1 aromatic heterocycles. The lowest BCUT2D eigenvalue weighted by molar-refractivity contribution is 0.203. The Hall–Kier alpha value is -1.36. The van der Waals surface area contributed by atoms with Gasteiger partial charge in [-0.05, 0) is 35.2 Å². The lowest BCUT2D eigenvalue weighted by Gasteiger charge is -2.23. The second-order valence-corrected chi connectivity index (χ2v) is 4.70. The summed E-state index contributed by atoms with van der Waals surface area (Å²) in [6.07, 6.45) is 2.16. The van der Waals surface area contributed by atoms with Gasteiger partial charge in [0, 0.05) is 6.04 Å². The number of urea groups is 1. The van der Waals surface area contributed by atoms with Crippen molar-refractivity contribution in [2.24, 2.45) is 10.7 Å². The molecule has 1 aliphatic heterocycles. The highest BCUT2D eigenvalue weighted by Crippen LogP contribution is 2.38. The molecule has 0 saturated heterocycles. The minimum absolute atomic E-state index is 0.115. The average Bonchev–Trinajstić information content (AvgIpc) is 2.79. The number of hydrogen-bond donors (Lipinski definition) is 1. The van der Waals surface area contributed by atoms with E-state index >= 15 is 0 Å². The Morgan fingerprint density at radius 2 is 2.33 bits per heavy atom. The van der Waals surface area contributed by atoms with Gasteiger partial charge in [0.2, 0.25) is 0 Å². The lowest BCUT2D eigenvalue weighted by atomic mass is 10.1. The predicted molar refractivity (Wildman–Crippen MR) is 58.9 cm³/mol. The van der Waals surface area contributed by atoms with Crippen LogP contribution in [0.4, 0.5) is 4.79 Å². The number of nitrogens with zero attached hydrogens (tertiary/aromatic N) is 2. The molecule has 0 radical (unpaired) electrons. The van der Waals surface area contributed by atoms with E-state index in [1.807, 2.05) is 21.7 Å². The Balaban J connectivity index is 1.97. The maximum absolute atomic E-state index is 11.6. The molecule has 1 atom stereocenters. The van der Waals surface area contributed by atoms with E-state index in [0.29, 0.717) is 11.9 Å². The van der Waals surface area contributed by atoms with E-state index in [2.05, 4.69) is 4.99 Å². The van der Waals surface area contributed by atoms with Gasteiger partial charge in [-0.1, -0.05) is 0 Å². The molecule has 2 heterocycles. The Bertz CT molecular complexity index is 422. The van der Waals surface area contributed by atoms with Gasteiger partial charge in [-0.25, -0.2) is 4.79 Å². The highest BCUT2D eigenvalue weighted by Gasteiger charge is 2.43. The first-order valence-electron chi connectivity index (χ1n) is 4.96. The number of nitrogens with two attached hydrogens (primary N) is 1. The summed E-state index contributed by atoms with van der Waals surface area (Å²) in [7, 11) is 0. The van der Waals surface area contributed by atoms with Gasteiger partial charge in [0.05, 0.1) is 0 Å². The zero-order chi connectivity index (χ0) is 10.4. The molecule has 4 nitrogen and oxygen atoms in total. The molecule has 1 fully saturated rings. The topological polar surface area (TPSA) is 58.7 Å². The second-order valence-electron chi connectivity index (χ2n) is 3.92. The van der Waals surface area contributed by atoms with Gasteiger partial charge < -0.3 is 10.6 Å². The summed E-state index contributed by atoms with van der Waals surface area (Å²) in [6, 6.07) is 2.07. The molecule has 1 saturated carbocycles. The molecule has 3 rings (SSSR count). The summed E-state index contributed by atoms with van der Waals surface area (Å²) in [5, 5.41) is 4.03. The zero-order valence-electron chi connectivity index (χ0n) is 8.09. The van der Waals surface area contributed by atoms with Gasteiger partial charge in [0.25, 0.3) is 0 Å². The number of thiophene rings is 1. The Labute approximate surface area is 91.4 Å². The van der Waals surface area contributed by atoms with Crippen LogP contribution in [0.5, 0.6) is 0 Å². The molecule has 0 spiro atoms. The molecule has 2 aliphatic rings. The molecule has 15 heavy (non-hydrogen) atoms. The Morgan fingerprint density at radius 1 is 1.53 bits per heavy atom. The van der Waals surface area contributed by atoms with Crippen LogP contribution in [0, 0.1) is 0 Å². The number of carbonyl (C=O) groups excluding carboxylic acids is 1. The minimum atomic E-state index is -0.175. The van der Waals surface area contributed by atoms with Crippen LogP contribution in [0.1, 0.15) is 24.4 Å². The fraction of sp³-hybridized carbons (Fsp3) is 0.400. The number of carbonyl (C=O) groups is 1. The van der Waals surface area contributed by atoms with Crippen LogP contribution in [0.3, 0.4) is 0 Å². The highest BCUT2D eigenvalue weighted by atomic mass is 32.1. The van der Waals surface area contributed by atoms with Crippen molar-refractivity contribution < 1.29 is 4.79 Å². The van der Waals surface area contributed by atoms with E-state index in [1.54, 1.807) is 11.3 Å². The first-order chi connectivity index (χ1) is 7.27. The van der Waals surface area contributed by atoms with E-state index in [4.69, 9.17) is 5.73 Å². The van der Waals surface area contributed by atoms with E-state index in [0.717, 1.165) is 18.4 Å². The fourth-order valence-electron chi connectivity index (χ4n) is 1.96. The summed E-state index contributed by atoms with van der Waals surface area (Å²) in [4.78, 5) is 17.3. The van der Waals surface area contributed by atoms with Crippen molar-refractivity contribution in [2.75, 3.05) is 0 Å². The van der Waals surface area contributed by atoms with Crippen molar-refractivity contribution in [2.45, 2.75) is 24.9 Å². The Morgan fingerprint density at radius 3 is 2.93 bits per heavy atom. The van der Waals surface area contributed by atoms with Gasteiger partial charge in [-0.15, -0.1) is 0 Å². The van der Waals surface area contributed by atoms with Crippen molar-refractivity contribution in [3.63, 3.8) is 0 Å². The molecule has 0 aromatic carbocycles. The largest absolute Gasteiger partial charge is 0.385 e. The molecule has 5 heteroatoms. The maximum Gasteiger partial charge on any atom is 0.346 e. The van der Waals surface area contributed by atoms with Gasteiger partial charge >= 0.3 is 6.03 Å². The number of amidine groups is 1. The molecular formula is C10H11N3OS. The van der Waals surface area contributed by atoms with Crippen LogP contribution in [-0.4, -0.2) is 22.8 Å². The first-order valence-corrected chi connectivity index (χ1v) is 5.90. The quantitative estimate of drug-likeness (QED) is 0.827. The number of rotatable bonds is 2. The zero-order valence-corrected chi connectivity index (χ0v) is 8.91. The summed E-state index contributed by atoms with van der Waals surface area (Å²) in [6.45, 7) is 0. The molecule has 0 bridgehead atoms. The van der Waals surface area contributed by atoms with Gasteiger partial charge in [-0.2, -0.15) is 16.3 Å². The SMILES string of the molecule is NC1=NC(=O)N(C2CC2)C1c1ccsc1. The number of hydrogen-bond acceptors (Lipinski definition) is 3. The van der Waals surface area contributed by atoms with E-state index < -0.39 is 0 Å². The normalized spacial score (nSPS) is 25.9. The van der Waals surface area contributed by atoms with Crippen LogP contribution in [0.15, 0.2) is 21.8 Å². The molecule has 1 aromatic rings. The van der Waals surface area contributed by atoms with Crippen molar-refractivity contribution in [1.29, 1.82) is 0 Å². The van der Waals surface area contributed by atoms with E-state index in [1.165, 1.54) is 0 Å². The second kappa shape index (κ2) is 3.06. The van der Waals surface area contributed by atoms with Crippen LogP contribution in [0.25, 0.3) is 0 Å². The summed E-state index contributed by atoms with van der Waals surface area (Å²) in [5.74, 6) is 0.435. The number of aliphatic imine (C=N–C) groups is 1. The maximum atomic E-state index is 11.6. The van der Waals surface area contributed by atoms with Crippen LogP contribution < -0.4 is 5.73 Å². The van der Waals surface area contributed by atoms with Crippen LogP contribution >= 0.6 is 11.3 Å². The monoisotopic (exact) mass is 221 g/mol. The molecule has 2 amide bonds. The fourth-order valence-corrected chi connectivity index (χ4v) is 2.64. The van der Waals surface area contributed by atoms with Gasteiger partial charge in [0.1, 0.15) is 11.9 Å². The van der Waals surface area contributed by atoms with Gasteiger partial charge in [-0.3, -0.25) is 0 Å². The summed E-state index contributed by atoms with van der Waals surface area (Å²) in [5.41, 5.74) is 6.89. The molecule has 2 N–H and O–H groups in total. The number of amides is 2. The van der Waals surface area contributed by atoms with Gasteiger partial charge in [0.15, 0.2) is 0 Å². The van der Waals surface area contributed by atoms with E-state index in [9.17, 15) is 4.79 Å². The third kappa shape index (κ3) is 1.34. The third-order valence-corrected chi connectivity index (χ3v) is 3.50. The third-order valence-electron chi connectivity index (χ3n) is 2.80. The lowest BCUT2D eigenvalue weighted by Crippen LogP contribution is -2.34. The first kappa shape index (κ1) is 8.91. The van der Waals surface area contributed by atoms with Crippen molar-refractivity contribution in [1.82, 2.24) is 4.90 Å². The molecule has 1 aliphatic carbocycles.